The number of nitrogen functional groups attached to an aromatic ring is 1. The Morgan fingerprint density at radius 3 is 2.75 bits per heavy atom. The van der Waals surface area contributed by atoms with E-state index in [4.69, 9.17) is 5.73 Å². The van der Waals surface area contributed by atoms with E-state index in [9.17, 15) is 0 Å². The lowest BCUT2D eigenvalue weighted by molar-refractivity contribution is 0.878. The predicted molar refractivity (Wildman–Crippen MR) is 82.4 cm³/mol. The van der Waals surface area contributed by atoms with Gasteiger partial charge in [-0.3, -0.25) is 9.97 Å². The zero-order chi connectivity index (χ0) is 13.9. The maximum atomic E-state index is 6.07. The normalized spacial score (nSPS) is 12.2. The van der Waals surface area contributed by atoms with Crippen molar-refractivity contribution in [3.8, 4) is 0 Å². The van der Waals surface area contributed by atoms with E-state index in [0.717, 1.165) is 22.2 Å². The van der Waals surface area contributed by atoms with Gasteiger partial charge in [0.25, 0.3) is 0 Å². The average Bonchev–Trinajstić information content (AvgIpc) is 2.51. The summed E-state index contributed by atoms with van der Waals surface area (Å²) in [6.45, 7) is 2.09. The number of nitrogens with two attached hydrogens (primary N) is 1. The molecular weight excluding hydrogens is 248 g/mol. The van der Waals surface area contributed by atoms with Crippen molar-refractivity contribution < 1.29 is 0 Å². The standard InChI is InChI=1S/C16H16N4/c1-11(12-5-4-8-18-9-12)20-16-13-6-2-3-7-15(13)19-10-14(16)17/h2-11H,17H2,1H3,(H,19,20). The molecule has 100 valence electrons. The fourth-order valence-corrected chi connectivity index (χ4v) is 2.25. The van der Waals surface area contributed by atoms with Crippen molar-refractivity contribution in [1.82, 2.24) is 9.97 Å². The summed E-state index contributed by atoms with van der Waals surface area (Å²) in [7, 11) is 0. The van der Waals surface area contributed by atoms with Crippen LogP contribution in [-0.2, 0) is 0 Å². The van der Waals surface area contributed by atoms with Gasteiger partial charge in [-0.25, -0.2) is 0 Å². The van der Waals surface area contributed by atoms with Crippen LogP contribution in [0.2, 0.25) is 0 Å². The topological polar surface area (TPSA) is 63.8 Å². The van der Waals surface area contributed by atoms with Crippen LogP contribution < -0.4 is 11.1 Å². The number of pyridine rings is 2. The second-order valence-electron chi connectivity index (χ2n) is 4.76. The zero-order valence-electron chi connectivity index (χ0n) is 11.2. The largest absolute Gasteiger partial charge is 0.396 e. The van der Waals surface area contributed by atoms with E-state index >= 15 is 0 Å². The number of nitrogens with zero attached hydrogens (tertiary/aromatic N) is 2. The summed E-state index contributed by atoms with van der Waals surface area (Å²) in [5, 5.41) is 4.50. The van der Waals surface area contributed by atoms with Crippen molar-refractivity contribution in [2.24, 2.45) is 0 Å². The number of hydrogen-bond donors (Lipinski definition) is 2. The lowest BCUT2D eigenvalue weighted by Crippen LogP contribution is -2.09. The Balaban J connectivity index is 2.00. The van der Waals surface area contributed by atoms with Crippen LogP contribution >= 0.6 is 0 Å². The summed E-state index contributed by atoms with van der Waals surface area (Å²) in [5.41, 5.74) is 9.70. The number of anilines is 2. The molecule has 0 fully saturated rings. The highest BCUT2D eigenvalue weighted by Crippen LogP contribution is 2.30. The van der Waals surface area contributed by atoms with Crippen LogP contribution in [0.25, 0.3) is 10.9 Å². The third-order valence-electron chi connectivity index (χ3n) is 3.35. The van der Waals surface area contributed by atoms with E-state index in [1.165, 1.54) is 0 Å². The Labute approximate surface area is 117 Å². The Morgan fingerprint density at radius 1 is 1.10 bits per heavy atom. The molecule has 0 aliphatic heterocycles. The molecule has 3 N–H and O–H groups in total. The molecule has 0 radical (unpaired) electrons. The highest BCUT2D eigenvalue weighted by atomic mass is 14.9. The maximum absolute atomic E-state index is 6.07. The smallest absolute Gasteiger partial charge is 0.0743 e. The van der Waals surface area contributed by atoms with Gasteiger partial charge in [0.15, 0.2) is 0 Å². The molecule has 0 amide bonds. The van der Waals surface area contributed by atoms with E-state index in [-0.39, 0.29) is 6.04 Å². The highest BCUT2D eigenvalue weighted by molar-refractivity contribution is 5.96. The lowest BCUT2D eigenvalue weighted by Gasteiger charge is -2.18. The molecule has 0 saturated carbocycles. The van der Waals surface area contributed by atoms with Gasteiger partial charge in [-0.05, 0) is 24.6 Å². The van der Waals surface area contributed by atoms with Gasteiger partial charge in [-0.2, -0.15) is 0 Å². The van der Waals surface area contributed by atoms with Crippen LogP contribution in [0, 0.1) is 0 Å². The molecule has 3 rings (SSSR count). The maximum Gasteiger partial charge on any atom is 0.0743 e. The number of nitrogens with one attached hydrogen (secondary N) is 1. The summed E-state index contributed by atoms with van der Waals surface area (Å²) in [5.74, 6) is 0. The van der Waals surface area contributed by atoms with Gasteiger partial charge >= 0.3 is 0 Å². The Bertz CT molecular complexity index is 725. The van der Waals surface area contributed by atoms with Crippen LogP contribution in [0.5, 0.6) is 0 Å². The van der Waals surface area contributed by atoms with E-state index in [0.29, 0.717) is 5.69 Å². The van der Waals surface area contributed by atoms with Crippen molar-refractivity contribution in [2.45, 2.75) is 13.0 Å². The molecule has 20 heavy (non-hydrogen) atoms. The van der Waals surface area contributed by atoms with Crippen LogP contribution in [-0.4, -0.2) is 9.97 Å². The first-order valence-corrected chi connectivity index (χ1v) is 6.55. The molecule has 2 aromatic heterocycles. The Kier molecular flexibility index (Phi) is 3.21. The fourth-order valence-electron chi connectivity index (χ4n) is 2.25. The first-order valence-electron chi connectivity index (χ1n) is 6.55. The first kappa shape index (κ1) is 12.4. The molecule has 3 aromatic rings. The average molecular weight is 264 g/mol. The second kappa shape index (κ2) is 5.17. The summed E-state index contributed by atoms with van der Waals surface area (Å²) >= 11 is 0. The minimum Gasteiger partial charge on any atom is -0.396 e. The highest BCUT2D eigenvalue weighted by Gasteiger charge is 2.10. The molecule has 4 heteroatoms. The molecule has 0 aliphatic rings. The number of benzene rings is 1. The Hall–Kier alpha value is -2.62. The molecule has 1 aromatic carbocycles. The van der Waals surface area contributed by atoms with Crippen LogP contribution in [0.3, 0.4) is 0 Å². The number of aromatic nitrogens is 2. The van der Waals surface area contributed by atoms with Crippen molar-refractivity contribution in [1.29, 1.82) is 0 Å². The molecule has 0 aliphatic carbocycles. The summed E-state index contributed by atoms with van der Waals surface area (Å²) in [4.78, 5) is 8.49. The molecule has 1 unspecified atom stereocenters. The van der Waals surface area contributed by atoms with Gasteiger partial charge in [0.2, 0.25) is 0 Å². The summed E-state index contributed by atoms with van der Waals surface area (Å²) in [6, 6.07) is 12.1. The summed E-state index contributed by atoms with van der Waals surface area (Å²) < 4.78 is 0. The molecule has 0 bridgehead atoms. The van der Waals surface area contributed by atoms with Gasteiger partial charge in [0.1, 0.15) is 0 Å². The molecule has 4 nitrogen and oxygen atoms in total. The van der Waals surface area contributed by atoms with Gasteiger partial charge in [-0.15, -0.1) is 0 Å². The number of fused-ring (bicyclic) bond motifs is 1. The van der Waals surface area contributed by atoms with E-state index in [1.807, 2.05) is 42.6 Å². The molecule has 1 atom stereocenters. The van der Waals surface area contributed by atoms with E-state index < -0.39 is 0 Å². The second-order valence-corrected chi connectivity index (χ2v) is 4.76. The van der Waals surface area contributed by atoms with Gasteiger partial charge < -0.3 is 11.1 Å². The van der Waals surface area contributed by atoms with Gasteiger partial charge in [0, 0.05) is 17.8 Å². The molecule has 2 heterocycles. The number of rotatable bonds is 3. The quantitative estimate of drug-likeness (QED) is 0.761. The monoisotopic (exact) mass is 264 g/mol. The van der Waals surface area contributed by atoms with Crippen molar-refractivity contribution >= 4 is 22.3 Å². The fraction of sp³-hybridized carbons (Fsp3) is 0.125. The van der Waals surface area contributed by atoms with Crippen molar-refractivity contribution in [3.05, 3.63) is 60.6 Å². The van der Waals surface area contributed by atoms with E-state index in [1.54, 1.807) is 12.4 Å². The number of hydrogen-bond acceptors (Lipinski definition) is 4. The predicted octanol–water partition coefficient (Wildman–Crippen LogP) is 3.39. The minimum absolute atomic E-state index is 0.122. The lowest BCUT2D eigenvalue weighted by atomic mass is 10.1. The van der Waals surface area contributed by atoms with Crippen LogP contribution in [0.15, 0.2) is 55.0 Å². The molecule has 0 saturated heterocycles. The SMILES string of the molecule is CC(Nc1c(N)cnc2ccccc12)c1cccnc1. The third kappa shape index (κ3) is 2.28. The van der Waals surface area contributed by atoms with Crippen molar-refractivity contribution in [2.75, 3.05) is 11.1 Å². The Morgan fingerprint density at radius 2 is 1.95 bits per heavy atom. The number of para-hydroxylation sites is 1. The third-order valence-corrected chi connectivity index (χ3v) is 3.35. The molecule has 0 spiro atoms. The van der Waals surface area contributed by atoms with Gasteiger partial charge in [-0.1, -0.05) is 24.3 Å². The van der Waals surface area contributed by atoms with Gasteiger partial charge in [0.05, 0.1) is 29.1 Å². The minimum atomic E-state index is 0.122. The van der Waals surface area contributed by atoms with E-state index in [2.05, 4.69) is 22.2 Å². The summed E-state index contributed by atoms with van der Waals surface area (Å²) in [6.07, 6.45) is 5.32. The zero-order valence-corrected chi connectivity index (χ0v) is 11.2. The first-order chi connectivity index (χ1) is 9.75. The van der Waals surface area contributed by atoms with Crippen LogP contribution in [0.1, 0.15) is 18.5 Å². The van der Waals surface area contributed by atoms with Crippen LogP contribution in [0.4, 0.5) is 11.4 Å². The molecular formula is C16H16N4. The van der Waals surface area contributed by atoms with Crippen molar-refractivity contribution in [3.63, 3.8) is 0 Å².